The van der Waals surface area contributed by atoms with E-state index in [9.17, 15) is 22.0 Å². The maximum Gasteiger partial charge on any atom is 0.255 e. The van der Waals surface area contributed by atoms with E-state index in [2.05, 4.69) is 5.32 Å². The number of hydrogen-bond donors (Lipinski definition) is 1. The second-order valence-corrected chi connectivity index (χ2v) is 8.11. The molecule has 0 spiro atoms. The number of benzene rings is 2. The zero-order valence-electron chi connectivity index (χ0n) is 13.9. The molecule has 1 aliphatic heterocycles. The van der Waals surface area contributed by atoms with Crippen molar-refractivity contribution in [1.82, 2.24) is 4.31 Å². The van der Waals surface area contributed by atoms with Gasteiger partial charge in [-0.15, -0.1) is 0 Å². The van der Waals surface area contributed by atoms with Crippen LogP contribution in [0.15, 0.2) is 42.5 Å². The van der Waals surface area contributed by atoms with Crippen LogP contribution in [0.25, 0.3) is 0 Å². The van der Waals surface area contributed by atoms with Crippen LogP contribution in [0.2, 0.25) is 0 Å². The molecule has 0 unspecified atom stereocenters. The topological polar surface area (TPSA) is 66.5 Å². The summed E-state index contributed by atoms with van der Waals surface area (Å²) in [5.41, 5.74) is 1.01. The van der Waals surface area contributed by atoms with E-state index in [0.717, 1.165) is 25.0 Å². The van der Waals surface area contributed by atoms with Gasteiger partial charge >= 0.3 is 0 Å². The second kappa shape index (κ2) is 7.51. The zero-order chi connectivity index (χ0) is 18.7. The van der Waals surface area contributed by atoms with Crippen molar-refractivity contribution in [3.63, 3.8) is 0 Å². The summed E-state index contributed by atoms with van der Waals surface area (Å²) >= 11 is 0. The van der Waals surface area contributed by atoms with Gasteiger partial charge in [0.05, 0.1) is 5.75 Å². The lowest BCUT2D eigenvalue weighted by molar-refractivity contribution is 0.102. The van der Waals surface area contributed by atoms with Gasteiger partial charge in [0.15, 0.2) is 11.6 Å². The van der Waals surface area contributed by atoms with Crippen molar-refractivity contribution < 1.29 is 22.0 Å². The van der Waals surface area contributed by atoms with Gasteiger partial charge in [0, 0.05) is 30.4 Å². The van der Waals surface area contributed by atoms with E-state index in [1.165, 1.54) is 22.5 Å². The molecule has 138 valence electrons. The first-order chi connectivity index (χ1) is 12.3. The van der Waals surface area contributed by atoms with Crippen molar-refractivity contribution in [3.05, 3.63) is 65.2 Å². The number of nitrogens with zero attached hydrogens (tertiary/aromatic N) is 1. The van der Waals surface area contributed by atoms with Gasteiger partial charge in [0.1, 0.15) is 0 Å². The molecule has 1 fully saturated rings. The molecule has 1 heterocycles. The molecule has 0 radical (unpaired) electrons. The van der Waals surface area contributed by atoms with Crippen molar-refractivity contribution in [2.75, 3.05) is 18.4 Å². The van der Waals surface area contributed by atoms with Crippen LogP contribution in [0.4, 0.5) is 14.5 Å². The molecular weight excluding hydrogens is 362 g/mol. The molecule has 2 aromatic carbocycles. The molecule has 5 nitrogen and oxygen atoms in total. The van der Waals surface area contributed by atoms with Gasteiger partial charge < -0.3 is 5.32 Å². The van der Waals surface area contributed by atoms with E-state index in [-0.39, 0.29) is 17.0 Å². The largest absolute Gasteiger partial charge is 0.322 e. The molecule has 3 rings (SSSR count). The third-order valence-corrected chi connectivity index (χ3v) is 6.05. The monoisotopic (exact) mass is 380 g/mol. The van der Waals surface area contributed by atoms with Crippen LogP contribution < -0.4 is 5.32 Å². The molecular formula is C18H18F2N2O3S. The highest BCUT2D eigenvalue weighted by Gasteiger charge is 2.25. The minimum atomic E-state index is -3.35. The molecule has 0 bridgehead atoms. The highest BCUT2D eigenvalue weighted by molar-refractivity contribution is 7.88. The first kappa shape index (κ1) is 18.5. The molecule has 1 N–H and O–H groups in total. The van der Waals surface area contributed by atoms with Crippen LogP contribution >= 0.6 is 0 Å². The van der Waals surface area contributed by atoms with Gasteiger partial charge in [-0.2, -0.15) is 0 Å². The van der Waals surface area contributed by atoms with E-state index in [4.69, 9.17) is 0 Å². The van der Waals surface area contributed by atoms with Gasteiger partial charge in [-0.1, -0.05) is 12.1 Å². The fourth-order valence-electron chi connectivity index (χ4n) is 2.80. The van der Waals surface area contributed by atoms with Crippen molar-refractivity contribution >= 4 is 21.6 Å². The fraction of sp³-hybridized carbons (Fsp3) is 0.278. The summed E-state index contributed by atoms with van der Waals surface area (Å²) in [6.45, 7) is 1.11. The Morgan fingerprint density at radius 2 is 1.65 bits per heavy atom. The average molecular weight is 380 g/mol. The van der Waals surface area contributed by atoms with Crippen LogP contribution in [-0.4, -0.2) is 31.7 Å². The fourth-order valence-corrected chi connectivity index (χ4v) is 4.41. The Morgan fingerprint density at radius 1 is 1.00 bits per heavy atom. The summed E-state index contributed by atoms with van der Waals surface area (Å²) in [5, 5.41) is 2.47. The number of anilines is 1. The lowest BCUT2D eigenvalue weighted by Gasteiger charge is -2.15. The van der Waals surface area contributed by atoms with Crippen LogP contribution in [0.5, 0.6) is 0 Å². The van der Waals surface area contributed by atoms with Crippen LogP contribution in [-0.2, 0) is 15.8 Å². The summed E-state index contributed by atoms with van der Waals surface area (Å²) in [5.74, 6) is -2.65. The van der Waals surface area contributed by atoms with Gasteiger partial charge in [0.2, 0.25) is 10.0 Å². The van der Waals surface area contributed by atoms with E-state index in [1.807, 2.05) is 0 Å². The molecule has 0 aromatic heterocycles. The van der Waals surface area contributed by atoms with Crippen LogP contribution in [0.3, 0.4) is 0 Å². The van der Waals surface area contributed by atoms with Crippen LogP contribution in [0, 0.1) is 11.6 Å². The first-order valence-corrected chi connectivity index (χ1v) is 9.79. The number of carbonyl (C=O) groups excluding carboxylic acids is 1. The maximum atomic E-state index is 13.2. The Kier molecular flexibility index (Phi) is 5.33. The standard InChI is InChI=1S/C18H18F2N2O3S/c19-16-8-7-15(11-17(16)20)21-18(23)14-5-3-13(4-6-14)12-26(24,25)22-9-1-2-10-22/h3-8,11H,1-2,9-10,12H2,(H,21,23). The number of carbonyl (C=O) groups is 1. The first-order valence-electron chi connectivity index (χ1n) is 8.18. The summed E-state index contributed by atoms with van der Waals surface area (Å²) < 4.78 is 52.2. The summed E-state index contributed by atoms with van der Waals surface area (Å²) in [4.78, 5) is 12.2. The molecule has 2 aromatic rings. The second-order valence-electron chi connectivity index (χ2n) is 6.14. The van der Waals surface area contributed by atoms with Crippen molar-refractivity contribution in [2.24, 2.45) is 0 Å². The highest BCUT2D eigenvalue weighted by Crippen LogP contribution is 2.18. The average Bonchev–Trinajstić information content (AvgIpc) is 3.14. The molecule has 1 aliphatic rings. The zero-order valence-corrected chi connectivity index (χ0v) is 14.7. The summed E-state index contributed by atoms with van der Waals surface area (Å²) in [7, 11) is -3.35. The SMILES string of the molecule is O=C(Nc1ccc(F)c(F)c1)c1ccc(CS(=O)(=O)N2CCCC2)cc1. The Hall–Kier alpha value is -2.32. The van der Waals surface area contributed by atoms with Gasteiger partial charge in [-0.3, -0.25) is 4.79 Å². The quantitative estimate of drug-likeness (QED) is 0.867. The Balaban J connectivity index is 1.66. The maximum absolute atomic E-state index is 13.2. The molecule has 1 amide bonds. The number of halogens is 2. The third kappa shape index (κ3) is 4.25. The molecule has 1 saturated heterocycles. The Morgan fingerprint density at radius 3 is 2.27 bits per heavy atom. The van der Waals surface area contributed by atoms with E-state index < -0.39 is 27.6 Å². The molecule has 0 atom stereocenters. The molecule has 0 saturated carbocycles. The number of amides is 1. The van der Waals surface area contributed by atoms with Crippen molar-refractivity contribution in [1.29, 1.82) is 0 Å². The number of hydrogen-bond acceptors (Lipinski definition) is 3. The number of sulfonamides is 1. The van der Waals surface area contributed by atoms with E-state index in [0.29, 0.717) is 18.7 Å². The van der Waals surface area contributed by atoms with Crippen LogP contribution in [0.1, 0.15) is 28.8 Å². The number of nitrogens with one attached hydrogen (secondary N) is 1. The molecule has 26 heavy (non-hydrogen) atoms. The minimum Gasteiger partial charge on any atom is -0.322 e. The molecule has 0 aliphatic carbocycles. The summed E-state index contributed by atoms with van der Waals surface area (Å²) in [6, 6.07) is 9.24. The summed E-state index contributed by atoms with van der Waals surface area (Å²) in [6.07, 6.45) is 1.75. The van der Waals surface area contributed by atoms with E-state index >= 15 is 0 Å². The predicted molar refractivity (Wildman–Crippen MR) is 94.2 cm³/mol. The minimum absolute atomic E-state index is 0.113. The normalized spacial score (nSPS) is 15.2. The van der Waals surface area contributed by atoms with Gasteiger partial charge in [-0.05, 0) is 42.7 Å². The van der Waals surface area contributed by atoms with Gasteiger partial charge in [-0.25, -0.2) is 21.5 Å². The third-order valence-electron chi connectivity index (χ3n) is 4.20. The smallest absolute Gasteiger partial charge is 0.255 e. The lowest BCUT2D eigenvalue weighted by Crippen LogP contribution is -2.29. The highest BCUT2D eigenvalue weighted by atomic mass is 32.2. The van der Waals surface area contributed by atoms with Gasteiger partial charge in [0.25, 0.3) is 5.91 Å². The van der Waals surface area contributed by atoms with E-state index in [1.54, 1.807) is 12.1 Å². The lowest BCUT2D eigenvalue weighted by atomic mass is 10.1. The Bertz CT molecular complexity index is 909. The number of rotatable bonds is 5. The van der Waals surface area contributed by atoms with Crippen molar-refractivity contribution in [3.8, 4) is 0 Å². The molecule has 8 heteroatoms. The predicted octanol–water partition coefficient (Wildman–Crippen LogP) is 3.14. The Labute approximate surface area is 150 Å². The van der Waals surface area contributed by atoms with Crippen molar-refractivity contribution in [2.45, 2.75) is 18.6 Å².